The molecule has 11 nitrogen and oxygen atoms in total. The topological polar surface area (TPSA) is 135 Å². The van der Waals surface area contributed by atoms with Crippen LogP contribution in [0.2, 0.25) is 10.0 Å². The van der Waals surface area contributed by atoms with Gasteiger partial charge < -0.3 is 23.7 Å². The second kappa shape index (κ2) is 13.1. The molecule has 2 aliphatic heterocycles. The van der Waals surface area contributed by atoms with Crippen molar-refractivity contribution in [3.8, 4) is 0 Å². The Bertz CT molecular complexity index is 1240. The Labute approximate surface area is 243 Å². The third-order valence-electron chi connectivity index (χ3n) is 5.29. The van der Waals surface area contributed by atoms with Crippen LogP contribution in [0.25, 0.3) is 6.08 Å². The maximum Gasteiger partial charge on any atom is 0.303 e. The highest BCUT2D eigenvalue weighted by atomic mass is 35.5. The van der Waals surface area contributed by atoms with E-state index >= 15 is 0 Å². The Morgan fingerprint density at radius 1 is 0.974 bits per heavy atom. The number of thioether (sulfide) groups is 1. The number of carbonyl (C=O) groups excluding carboxylic acids is 5. The van der Waals surface area contributed by atoms with Gasteiger partial charge in [-0.05, 0) is 23.8 Å². The average molecular weight is 620 g/mol. The molecule has 3 rings (SSSR count). The van der Waals surface area contributed by atoms with E-state index in [9.17, 15) is 24.0 Å². The lowest BCUT2D eigenvalue weighted by atomic mass is 9.96. The number of hydrogen-bond donors (Lipinski definition) is 0. The molecule has 1 aromatic rings. The number of esters is 4. The van der Waals surface area contributed by atoms with Gasteiger partial charge in [-0.15, -0.1) is 0 Å². The maximum absolute atomic E-state index is 13.6. The molecule has 0 N–H and O–H groups in total. The van der Waals surface area contributed by atoms with E-state index in [4.69, 9.17) is 59.1 Å². The number of halogens is 2. The summed E-state index contributed by atoms with van der Waals surface area (Å²) in [4.78, 5) is 62.4. The number of ether oxygens (including phenoxy) is 5. The van der Waals surface area contributed by atoms with Crippen LogP contribution in [0.5, 0.6) is 0 Å². The predicted molar refractivity (Wildman–Crippen MR) is 143 cm³/mol. The lowest BCUT2D eigenvalue weighted by Gasteiger charge is -2.46. The molecule has 2 aliphatic rings. The normalized spacial score (nSPS) is 25.8. The molecule has 2 fully saturated rings. The van der Waals surface area contributed by atoms with Crippen LogP contribution < -0.4 is 0 Å². The van der Waals surface area contributed by atoms with Crippen molar-refractivity contribution >= 4 is 87.4 Å². The monoisotopic (exact) mass is 619 g/mol. The summed E-state index contributed by atoms with van der Waals surface area (Å²) in [5, 5.41) is 0.697. The Kier molecular flexibility index (Phi) is 10.4. The molecule has 0 unspecified atom stereocenters. The van der Waals surface area contributed by atoms with Crippen molar-refractivity contribution in [2.24, 2.45) is 0 Å². The first-order chi connectivity index (χ1) is 18.3. The van der Waals surface area contributed by atoms with Crippen molar-refractivity contribution in [3.63, 3.8) is 0 Å². The van der Waals surface area contributed by atoms with Crippen LogP contribution in [-0.2, 0) is 47.7 Å². The zero-order chi connectivity index (χ0) is 29.0. The minimum atomic E-state index is -1.48. The minimum Gasteiger partial charge on any atom is -0.463 e. The van der Waals surface area contributed by atoms with E-state index in [0.717, 1.165) is 44.4 Å². The van der Waals surface area contributed by atoms with Crippen LogP contribution in [0.4, 0.5) is 0 Å². The van der Waals surface area contributed by atoms with Gasteiger partial charge in [0.25, 0.3) is 5.91 Å². The summed E-state index contributed by atoms with van der Waals surface area (Å²) in [6.07, 6.45) is -5.49. The SMILES string of the molecule is CC(=O)OC[C@@H]1O[C@H](N2C(=O)/C(=C\c3ccc(Cl)cc3Cl)SC2=S)[C@H](OC(C)=O)[C@@H](OC(C)=O)[C@H]1OC(C)=O. The molecule has 2 heterocycles. The van der Waals surface area contributed by atoms with Crippen LogP contribution in [0.3, 0.4) is 0 Å². The molecule has 0 spiro atoms. The van der Waals surface area contributed by atoms with Gasteiger partial charge in [-0.2, -0.15) is 0 Å². The molecule has 0 aliphatic carbocycles. The Morgan fingerprint density at radius 3 is 2.13 bits per heavy atom. The minimum absolute atomic E-state index is 0.0252. The molecule has 0 radical (unpaired) electrons. The summed E-state index contributed by atoms with van der Waals surface area (Å²) in [7, 11) is 0. The lowest BCUT2D eigenvalue weighted by Crippen LogP contribution is -2.66. The smallest absolute Gasteiger partial charge is 0.303 e. The van der Waals surface area contributed by atoms with E-state index in [0.29, 0.717) is 15.6 Å². The number of thiocarbonyl (C=S) groups is 1. The van der Waals surface area contributed by atoms with Gasteiger partial charge in [-0.3, -0.25) is 28.9 Å². The number of rotatable bonds is 7. The summed E-state index contributed by atoms with van der Waals surface area (Å²) in [6.45, 7) is 4.01. The van der Waals surface area contributed by atoms with Crippen molar-refractivity contribution in [2.45, 2.75) is 58.3 Å². The Hall–Kier alpha value is -2.71. The van der Waals surface area contributed by atoms with E-state index in [-0.39, 0.29) is 9.23 Å². The molecular formula is C24H23Cl2NO10S2. The second-order valence-corrected chi connectivity index (χ2v) is 10.8. The third-order valence-corrected chi connectivity index (χ3v) is 7.19. The van der Waals surface area contributed by atoms with Gasteiger partial charge >= 0.3 is 23.9 Å². The molecule has 39 heavy (non-hydrogen) atoms. The van der Waals surface area contributed by atoms with E-state index in [1.807, 2.05) is 0 Å². The molecule has 210 valence electrons. The molecule has 0 aromatic heterocycles. The first-order valence-electron chi connectivity index (χ1n) is 11.3. The first kappa shape index (κ1) is 30.8. The molecular weight excluding hydrogens is 597 g/mol. The summed E-state index contributed by atoms with van der Waals surface area (Å²) < 4.78 is 27.3. The van der Waals surface area contributed by atoms with Crippen molar-refractivity contribution < 1.29 is 47.7 Å². The molecule has 0 saturated carbocycles. The van der Waals surface area contributed by atoms with Gasteiger partial charge in [-0.25, -0.2) is 0 Å². The van der Waals surface area contributed by atoms with Crippen LogP contribution in [-0.4, -0.2) is 76.3 Å². The van der Waals surface area contributed by atoms with E-state index < -0.39 is 67.0 Å². The highest BCUT2D eigenvalue weighted by Gasteiger charge is 2.56. The predicted octanol–water partition coefficient (Wildman–Crippen LogP) is 3.28. The molecule has 0 bridgehead atoms. The largest absolute Gasteiger partial charge is 0.463 e. The van der Waals surface area contributed by atoms with E-state index in [1.54, 1.807) is 12.1 Å². The molecule has 1 amide bonds. The van der Waals surface area contributed by atoms with Crippen molar-refractivity contribution in [1.29, 1.82) is 0 Å². The fraction of sp³-hybridized carbons (Fsp3) is 0.417. The molecule has 5 atom stereocenters. The summed E-state index contributed by atoms with van der Waals surface area (Å²) in [5.74, 6) is -3.68. The third kappa shape index (κ3) is 7.70. The fourth-order valence-corrected chi connectivity index (χ4v) is 5.64. The van der Waals surface area contributed by atoms with Crippen LogP contribution in [0.1, 0.15) is 33.3 Å². The standard InChI is InChI=1S/C24H23Cl2NO10S2/c1-10(28)33-9-17-19(34-11(2)29)20(35-12(3)30)21(36-13(4)31)23(37-17)27-22(32)18(39-24(27)38)7-14-5-6-15(25)8-16(14)26/h5-8,17,19-21,23H,9H2,1-4H3/b18-7+/t17-,19-,20-,21+,23-/m0/s1. The molecule has 2 saturated heterocycles. The van der Waals surface area contributed by atoms with Crippen LogP contribution in [0, 0.1) is 0 Å². The summed E-state index contributed by atoms with van der Waals surface area (Å²) in [6, 6.07) is 4.72. The lowest BCUT2D eigenvalue weighted by molar-refractivity contribution is -0.268. The molecule has 15 heteroatoms. The summed E-state index contributed by atoms with van der Waals surface area (Å²) >= 11 is 18.6. The number of amides is 1. The van der Waals surface area contributed by atoms with Crippen LogP contribution >= 0.6 is 47.2 Å². The van der Waals surface area contributed by atoms with E-state index in [2.05, 4.69) is 0 Å². The zero-order valence-corrected chi connectivity index (χ0v) is 24.2. The Balaban J connectivity index is 2.06. The number of nitrogens with zero attached hydrogens (tertiary/aromatic N) is 1. The van der Waals surface area contributed by atoms with Gasteiger partial charge in [0, 0.05) is 37.7 Å². The van der Waals surface area contributed by atoms with Gasteiger partial charge in [0.15, 0.2) is 28.9 Å². The van der Waals surface area contributed by atoms with Gasteiger partial charge in [-0.1, -0.05) is 53.2 Å². The van der Waals surface area contributed by atoms with Crippen molar-refractivity contribution in [2.75, 3.05) is 6.61 Å². The summed E-state index contributed by atoms with van der Waals surface area (Å²) in [5.41, 5.74) is 0.489. The quantitative estimate of drug-likeness (QED) is 0.192. The van der Waals surface area contributed by atoms with Crippen molar-refractivity contribution in [1.82, 2.24) is 4.90 Å². The maximum atomic E-state index is 13.6. The van der Waals surface area contributed by atoms with Crippen molar-refractivity contribution in [3.05, 3.63) is 38.7 Å². The number of hydrogen-bond acceptors (Lipinski definition) is 12. The zero-order valence-electron chi connectivity index (χ0n) is 21.0. The Morgan fingerprint density at radius 2 is 1.56 bits per heavy atom. The first-order valence-corrected chi connectivity index (χ1v) is 13.3. The second-order valence-electron chi connectivity index (χ2n) is 8.31. The number of benzene rings is 1. The van der Waals surface area contributed by atoms with E-state index in [1.165, 1.54) is 12.1 Å². The molecule has 1 aromatic carbocycles. The van der Waals surface area contributed by atoms with Gasteiger partial charge in [0.1, 0.15) is 12.7 Å². The number of carbonyl (C=O) groups is 5. The van der Waals surface area contributed by atoms with Crippen LogP contribution in [0.15, 0.2) is 23.1 Å². The van der Waals surface area contributed by atoms with Gasteiger partial charge in [0.2, 0.25) is 0 Å². The fourth-order valence-electron chi connectivity index (χ4n) is 3.87. The highest BCUT2D eigenvalue weighted by molar-refractivity contribution is 8.26. The van der Waals surface area contributed by atoms with Gasteiger partial charge in [0.05, 0.1) is 4.91 Å². The highest BCUT2D eigenvalue weighted by Crippen LogP contribution is 2.40. The average Bonchev–Trinajstić information content (AvgIpc) is 3.09.